The normalized spacial score (nSPS) is 18.9. The number of carbonyl (C=O) groups is 1. The minimum atomic E-state index is -3.81. The average molecular weight is 298 g/mol. The summed E-state index contributed by atoms with van der Waals surface area (Å²) in [6.45, 7) is 0. The maximum Gasteiger partial charge on any atom is 0.245 e. The lowest BCUT2D eigenvalue weighted by molar-refractivity contribution is -0.116. The first kappa shape index (κ1) is 13.5. The Hall–Kier alpha value is -1.47. The van der Waals surface area contributed by atoms with Crippen molar-refractivity contribution in [1.29, 1.82) is 0 Å². The summed E-state index contributed by atoms with van der Waals surface area (Å²) in [5.74, 6) is -0.999. The maximum absolute atomic E-state index is 14.1. The second-order valence-corrected chi connectivity index (χ2v) is 7.21. The molecule has 1 aliphatic carbocycles. The molecule has 3 rings (SSSR count). The molecule has 0 spiro atoms. The lowest BCUT2D eigenvalue weighted by atomic mass is 10.0. The number of nitrogens with one attached hydrogen (secondary N) is 1. The van der Waals surface area contributed by atoms with Crippen LogP contribution in [0.2, 0.25) is 0 Å². The fourth-order valence-corrected chi connectivity index (χ4v) is 3.88. The highest BCUT2D eigenvalue weighted by Gasteiger charge is 2.37. The first-order chi connectivity index (χ1) is 9.39. The van der Waals surface area contributed by atoms with Crippen LogP contribution < -0.4 is 5.32 Å². The number of aryl methyl sites for hydroxylation is 1. The molecule has 1 aromatic rings. The van der Waals surface area contributed by atoms with Crippen LogP contribution in [0.3, 0.4) is 0 Å². The molecule has 5 nitrogen and oxygen atoms in total. The maximum atomic E-state index is 14.1. The third-order valence-electron chi connectivity index (χ3n) is 3.77. The second-order valence-electron chi connectivity index (χ2n) is 5.24. The van der Waals surface area contributed by atoms with E-state index in [0.717, 1.165) is 18.9 Å². The molecular weight excluding hydrogens is 283 g/mol. The minimum Gasteiger partial charge on any atom is -0.326 e. The summed E-state index contributed by atoms with van der Waals surface area (Å²) in [4.78, 5) is 11.0. The van der Waals surface area contributed by atoms with E-state index in [9.17, 15) is 17.6 Å². The third-order valence-corrected chi connectivity index (χ3v) is 5.70. The largest absolute Gasteiger partial charge is 0.326 e. The van der Waals surface area contributed by atoms with Gasteiger partial charge in [0, 0.05) is 25.2 Å². The molecule has 0 radical (unpaired) electrons. The van der Waals surface area contributed by atoms with Crippen molar-refractivity contribution in [2.45, 2.75) is 36.6 Å². The van der Waals surface area contributed by atoms with Gasteiger partial charge in [0.15, 0.2) is 0 Å². The van der Waals surface area contributed by atoms with E-state index in [1.54, 1.807) is 0 Å². The summed E-state index contributed by atoms with van der Waals surface area (Å²) in [6, 6.07) is 2.42. The monoisotopic (exact) mass is 298 g/mol. The van der Waals surface area contributed by atoms with Crippen molar-refractivity contribution in [3.63, 3.8) is 0 Å². The molecule has 7 heteroatoms. The van der Waals surface area contributed by atoms with Gasteiger partial charge in [-0.25, -0.2) is 12.8 Å². The molecule has 0 unspecified atom stereocenters. The molecule has 1 aliphatic heterocycles. The number of halogens is 1. The Morgan fingerprint density at radius 3 is 2.65 bits per heavy atom. The van der Waals surface area contributed by atoms with E-state index in [2.05, 4.69) is 5.32 Å². The first-order valence-electron chi connectivity index (χ1n) is 6.50. The van der Waals surface area contributed by atoms with E-state index in [-0.39, 0.29) is 23.3 Å². The van der Waals surface area contributed by atoms with E-state index in [4.69, 9.17) is 0 Å². The summed E-state index contributed by atoms with van der Waals surface area (Å²) in [6.07, 6.45) is 2.35. The van der Waals surface area contributed by atoms with Crippen molar-refractivity contribution in [3.8, 4) is 0 Å². The number of nitrogens with zero attached hydrogens (tertiary/aromatic N) is 1. The molecule has 1 N–H and O–H groups in total. The van der Waals surface area contributed by atoms with Crippen molar-refractivity contribution in [2.24, 2.45) is 0 Å². The number of benzene rings is 1. The number of rotatable bonds is 3. The van der Waals surface area contributed by atoms with Gasteiger partial charge in [0.2, 0.25) is 15.9 Å². The van der Waals surface area contributed by atoms with Crippen molar-refractivity contribution in [2.75, 3.05) is 12.4 Å². The highest BCUT2D eigenvalue weighted by molar-refractivity contribution is 7.89. The molecule has 0 saturated heterocycles. The molecule has 2 aliphatic rings. The van der Waals surface area contributed by atoms with Crippen LogP contribution in [0.5, 0.6) is 0 Å². The minimum absolute atomic E-state index is 0.0184. The van der Waals surface area contributed by atoms with E-state index in [0.29, 0.717) is 17.7 Å². The first-order valence-corrected chi connectivity index (χ1v) is 7.94. The Morgan fingerprint density at radius 1 is 1.30 bits per heavy atom. The van der Waals surface area contributed by atoms with Crippen LogP contribution in [-0.2, 0) is 21.2 Å². The molecule has 0 bridgehead atoms. The summed E-state index contributed by atoms with van der Waals surface area (Å²) in [5, 5.41) is 2.56. The van der Waals surface area contributed by atoms with Gasteiger partial charge >= 0.3 is 0 Å². The Kier molecular flexibility index (Phi) is 3.06. The van der Waals surface area contributed by atoms with Gasteiger partial charge in [-0.1, -0.05) is 0 Å². The highest BCUT2D eigenvalue weighted by atomic mass is 32.2. The molecule has 20 heavy (non-hydrogen) atoms. The van der Waals surface area contributed by atoms with Crippen molar-refractivity contribution in [1.82, 2.24) is 4.31 Å². The fourth-order valence-electron chi connectivity index (χ4n) is 2.37. The van der Waals surface area contributed by atoms with Crippen molar-refractivity contribution >= 4 is 21.6 Å². The van der Waals surface area contributed by atoms with Gasteiger partial charge in [0.25, 0.3) is 0 Å². The zero-order valence-electron chi connectivity index (χ0n) is 11.0. The second kappa shape index (κ2) is 4.53. The number of sulfonamides is 1. The zero-order valence-corrected chi connectivity index (χ0v) is 11.8. The molecule has 1 heterocycles. The third kappa shape index (κ3) is 2.20. The summed E-state index contributed by atoms with van der Waals surface area (Å²) in [7, 11) is -2.33. The van der Waals surface area contributed by atoms with Gasteiger partial charge < -0.3 is 5.32 Å². The lowest BCUT2D eigenvalue weighted by Crippen LogP contribution is -2.30. The van der Waals surface area contributed by atoms with Gasteiger partial charge in [-0.3, -0.25) is 4.79 Å². The number of fused-ring (bicyclic) bond motifs is 1. The SMILES string of the molecule is CN(C1CC1)S(=O)(=O)c1cc2c(cc1F)NC(=O)CC2. The zero-order chi connectivity index (χ0) is 14.5. The summed E-state index contributed by atoms with van der Waals surface area (Å²) in [5.41, 5.74) is 1.03. The fraction of sp³-hybridized carbons (Fsp3) is 0.462. The molecule has 0 aromatic heterocycles. The van der Waals surface area contributed by atoms with Crippen LogP contribution in [0.25, 0.3) is 0 Å². The standard InChI is InChI=1S/C13H15FN2O3S/c1-16(9-3-4-9)20(18,19)12-6-8-2-5-13(17)15-11(8)7-10(12)14/h6-7,9H,2-5H2,1H3,(H,15,17). The number of carbonyl (C=O) groups excluding carboxylic acids is 1. The highest BCUT2D eigenvalue weighted by Crippen LogP contribution is 2.34. The smallest absolute Gasteiger partial charge is 0.245 e. The van der Waals surface area contributed by atoms with E-state index < -0.39 is 15.8 Å². The summed E-state index contributed by atoms with van der Waals surface area (Å²) < 4.78 is 40.1. The Labute approximate surface area is 116 Å². The van der Waals surface area contributed by atoms with Crippen LogP contribution in [0.1, 0.15) is 24.8 Å². The molecule has 1 fully saturated rings. The number of hydrogen-bond acceptors (Lipinski definition) is 3. The summed E-state index contributed by atoms with van der Waals surface area (Å²) >= 11 is 0. The number of amides is 1. The Balaban J connectivity index is 2.04. The number of anilines is 1. The predicted molar refractivity (Wildman–Crippen MR) is 71.3 cm³/mol. The Morgan fingerprint density at radius 2 is 2.00 bits per heavy atom. The van der Waals surface area contributed by atoms with Crippen molar-refractivity contribution in [3.05, 3.63) is 23.5 Å². The molecule has 1 saturated carbocycles. The van der Waals surface area contributed by atoms with E-state index >= 15 is 0 Å². The van der Waals surface area contributed by atoms with Crippen LogP contribution >= 0.6 is 0 Å². The molecule has 108 valence electrons. The van der Waals surface area contributed by atoms with Crippen LogP contribution in [0.4, 0.5) is 10.1 Å². The topological polar surface area (TPSA) is 66.5 Å². The van der Waals surface area contributed by atoms with Gasteiger partial charge in [0.1, 0.15) is 10.7 Å². The quantitative estimate of drug-likeness (QED) is 0.919. The van der Waals surface area contributed by atoms with E-state index in [1.165, 1.54) is 17.4 Å². The molecule has 1 amide bonds. The lowest BCUT2D eigenvalue weighted by Gasteiger charge is -2.21. The molecule has 1 aromatic carbocycles. The predicted octanol–water partition coefficient (Wildman–Crippen LogP) is 1.49. The van der Waals surface area contributed by atoms with Crippen molar-refractivity contribution < 1.29 is 17.6 Å². The molecular formula is C13H15FN2O3S. The van der Waals surface area contributed by atoms with Crippen LogP contribution in [-0.4, -0.2) is 31.7 Å². The molecule has 0 atom stereocenters. The van der Waals surface area contributed by atoms with Crippen LogP contribution in [0.15, 0.2) is 17.0 Å². The van der Waals surface area contributed by atoms with Crippen LogP contribution in [0, 0.1) is 5.82 Å². The van der Waals surface area contributed by atoms with E-state index in [1.807, 2.05) is 0 Å². The Bertz CT molecular complexity index is 683. The van der Waals surface area contributed by atoms with Gasteiger partial charge in [0.05, 0.1) is 0 Å². The number of hydrogen-bond donors (Lipinski definition) is 1. The van der Waals surface area contributed by atoms with Gasteiger partial charge in [-0.05, 0) is 37.0 Å². The average Bonchev–Trinajstić information content (AvgIpc) is 3.20. The van der Waals surface area contributed by atoms with Gasteiger partial charge in [-0.15, -0.1) is 0 Å². The van der Waals surface area contributed by atoms with Gasteiger partial charge in [-0.2, -0.15) is 4.31 Å².